The molecule has 0 saturated carbocycles. The van der Waals surface area contributed by atoms with Gasteiger partial charge in [-0.05, 0) is 30.7 Å². The van der Waals surface area contributed by atoms with Gasteiger partial charge in [0.2, 0.25) is 0 Å². The molecule has 0 aliphatic rings. The highest BCUT2D eigenvalue weighted by Gasteiger charge is 2.10. The number of aromatic nitrogens is 1. The van der Waals surface area contributed by atoms with E-state index in [-0.39, 0.29) is 11.6 Å². The zero-order valence-corrected chi connectivity index (χ0v) is 11.5. The fourth-order valence-electron chi connectivity index (χ4n) is 2.16. The number of aryl methyl sites for hydroxylation is 1. The number of pyridine rings is 1. The number of nitrogens with zero attached hydrogens (tertiary/aromatic N) is 1. The maximum absolute atomic E-state index is 11.7. The SMILES string of the molecule is CCc1ccc(C(Cn2ccccc2=O)NC)cc1. The third kappa shape index (κ3) is 3.32. The van der Waals surface area contributed by atoms with Gasteiger partial charge in [-0.2, -0.15) is 0 Å². The summed E-state index contributed by atoms with van der Waals surface area (Å²) in [5, 5.41) is 3.27. The number of hydrogen-bond acceptors (Lipinski definition) is 2. The van der Waals surface area contributed by atoms with Crippen LogP contribution in [0.1, 0.15) is 24.1 Å². The highest BCUT2D eigenvalue weighted by molar-refractivity contribution is 5.25. The van der Waals surface area contributed by atoms with Crippen LogP contribution in [0.25, 0.3) is 0 Å². The molecule has 0 aliphatic carbocycles. The van der Waals surface area contributed by atoms with Crippen molar-refractivity contribution >= 4 is 0 Å². The average Bonchev–Trinajstić information content (AvgIpc) is 2.47. The summed E-state index contributed by atoms with van der Waals surface area (Å²) >= 11 is 0. The molecule has 0 spiro atoms. The van der Waals surface area contributed by atoms with Crippen molar-refractivity contribution in [2.45, 2.75) is 25.9 Å². The van der Waals surface area contributed by atoms with E-state index in [1.165, 1.54) is 11.1 Å². The number of nitrogens with one attached hydrogen (secondary N) is 1. The maximum atomic E-state index is 11.7. The summed E-state index contributed by atoms with van der Waals surface area (Å²) in [6, 6.07) is 13.9. The van der Waals surface area contributed by atoms with Gasteiger partial charge in [-0.25, -0.2) is 0 Å². The molecular weight excluding hydrogens is 236 g/mol. The number of likely N-dealkylation sites (N-methyl/N-ethyl adjacent to an activating group) is 1. The van der Waals surface area contributed by atoms with E-state index in [0.29, 0.717) is 6.54 Å². The smallest absolute Gasteiger partial charge is 0.250 e. The molecule has 100 valence electrons. The van der Waals surface area contributed by atoms with E-state index in [1.54, 1.807) is 16.7 Å². The lowest BCUT2D eigenvalue weighted by molar-refractivity contribution is 0.491. The first-order valence-corrected chi connectivity index (χ1v) is 6.66. The van der Waals surface area contributed by atoms with E-state index < -0.39 is 0 Å². The topological polar surface area (TPSA) is 34.0 Å². The van der Waals surface area contributed by atoms with Crippen molar-refractivity contribution in [1.82, 2.24) is 9.88 Å². The largest absolute Gasteiger partial charge is 0.314 e. The molecule has 0 fully saturated rings. The highest BCUT2D eigenvalue weighted by Crippen LogP contribution is 2.15. The van der Waals surface area contributed by atoms with E-state index in [2.05, 4.69) is 36.5 Å². The van der Waals surface area contributed by atoms with Crippen LogP contribution >= 0.6 is 0 Å². The Balaban J connectivity index is 2.20. The van der Waals surface area contributed by atoms with E-state index >= 15 is 0 Å². The molecule has 0 radical (unpaired) electrons. The summed E-state index contributed by atoms with van der Waals surface area (Å²) in [5.74, 6) is 0. The van der Waals surface area contributed by atoms with Crippen LogP contribution in [0.15, 0.2) is 53.5 Å². The molecule has 1 aromatic carbocycles. The fourth-order valence-corrected chi connectivity index (χ4v) is 2.16. The van der Waals surface area contributed by atoms with Gasteiger partial charge in [-0.15, -0.1) is 0 Å². The van der Waals surface area contributed by atoms with Gasteiger partial charge >= 0.3 is 0 Å². The molecule has 1 aromatic heterocycles. The van der Waals surface area contributed by atoms with E-state index in [4.69, 9.17) is 0 Å². The number of rotatable bonds is 5. The van der Waals surface area contributed by atoms with Crippen molar-refractivity contribution in [3.8, 4) is 0 Å². The molecule has 0 amide bonds. The second-order valence-electron chi connectivity index (χ2n) is 4.63. The zero-order valence-electron chi connectivity index (χ0n) is 11.5. The fraction of sp³-hybridized carbons (Fsp3) is 0.312. The Morgan fingerprint density at radius 1 is 1.16 bits per heavy atom. The van der Waals surface area contributed by atoms with Crippen LogP contribution in [0.2, 0.25) is 0 Å². The van der Waals surface area contributed by atoms with Crippen molar-refractivity contribution in [3.63, 3.8) is 0 Å². The average molecular weight is 256 g/mol. The van der Waals surface area contributed by atoms with Crippen LogP contribution in [-0.2, 0) is 13.0 Å². The van der Waals surface area contributed by atoms with E-state index in [9.17, 15) is 4.79 Å². The molecular formula is C16H20N2O. The molecule has 19 heavy (non-hydrogen) atoms. The molecule has 3 nitrogen and oxygen atoms in total. The molecule has 3 heteroatoms. The summed E-state index contributed by atoms with van der Waals surface area (Å²) in [7, 11) is 1.92. The number of hydrogen-bond donors (Lipinski definition) is 1. The van der Waals surface area contributed by atoms with Gasteiger partial charge in [0.05, 0.1) is 6.04 Å². The lowest BCUT2D eigenvalue weighted by Crippen LogP contribution is -2.27. The summed E-state index contributed by atoms with van der Waals surface area (Å²) in [6.45, 7) is 2.79. The van der Waals surface area contributed by atoms with Gasteiger partial charge in [0.1, 0.15) is 0 Å². The standard InChI is InChI=1S/C16H20N2O/c1-3-13-7-9-14(10-8-13)15(17-2)12-18-11-5-4-6-16(18)19/h4-11,15,17H,3,12H2,1-2H3. The van der Waals surface area contributed by atoms with Gasteiger partial charge in [0.15, 0.2) is 0 Å². The van der Waals surface area contributed by atoms with Crippen LogP contribution in [0.4, 0.5) is 0 Å². The van der Waals surface area contributed by atoms with Gasteiger partial charge in [-0.3, -0.25) is 4.79 Å². The first-order chi connectivity index (χ1) is 9.24. The molecule has 1 heterocycles. The highest BCUT2D eigenvalue weighted by atomic mass is 16.1. The summed E-state index contributed by atoms with van der Waals surface area (Å²) in [5.41, 5.74) is 2.57. The first kappa shape index (κ1) is 13.6. The molecule has 2 rings (SSSR count). The minimum Gasteiger partial charge on any atom is -0.314 e. The van der Waals surface area contributed by atoms with Crippen molar-refractivity contribution < 1.29 is 0 Å². The van der Waals surface area contributed by atoms with Crippen molar-refractivity contribution in [1.29, 1.82) is 0 Å². The lowest BCUT2D eigenvalue weighted by Gasteiger charge is -2.18. The van der Waals surface area contributed by atoms with Crippen LogP contribution in [-0.4, -0.2) is 11.6 Å². The van der Waals surface area contributed by atoms with Crippen molar-refractivity contribution in [2.75, 3.05) is 7.05 Å². The Bertz CT molecular complexity index is 572. The molecule has 1 atom stereocenters. The quantitative estimate of drug-likeness (QED) is 0.891. The Labute approximate surface area is 113 Å². The first-order valence-electron chi connectivity index (χ1n) is 6.66. The summed E-state index contributed by atoms with van der Waals surface area (Å²) < 4.78 is 1.73. The van der Waals surface area contributed by atoms with Crippen LogP contribution in [0.3, 0.4) is 0 Å². The van der Waals surface area contributed by atoms with E-state index in [1.807, 2.05) is 19.3 Å². The Morgan fingerprint density at radius 2 is 1.89 bits per heavy atom. The third-order valence-electron chi connectivity index (χ3n) is 3.42. The molecule has 0 saturated heterocycles. The third-order valence-corrected chi connectivity index (χ3v) is 3.42. The second kappa shape index (κ2) is 6.34. The lowest BCUT2D eigenvalue weighted by atomic mass is 10.0. The van der Waals surface area contributed by atoms with Gasteiger partial charge in [0.25, 0.3) is 5.56 Å². The van der Waals surface area contributed by atoms with Gasteiger partial charge < -0.3 is 9.88 Å². The molecule has 2 aromatic rings. The predicted octanol–water partition coefficient (Wildman–Crippen LogP) is 2.37. The van der Waals surface area contributed by atoms with Crippen LogP contribution in [0.5, 0.6) is 0 Å². The van der Waals surface area contributed by atoms with Crippen molar-refractivity contribution in [2.24, 2.45) is 0 Å². The second-order valence-corrected chi connectivity index (χ2v) is 4.63. The predicted molar refractivity (Wildman–Crippen MR) is 78.3 cm³/mol. The maximum Gasteiger partial charge on any atom is 0.250 e. The number of benzene rings is 1. The van der Waals surface area contributed by atoms with Crippen LogP contribution < -0.4 is 10.9 Å². The van der Waals surface area contributed by atoms with Crippen molar-refractivity contribution in [3.05, 3.63) is 70.1 Å². The Kier molecular flexibility index (Phi) is 4.53. The minimum atomic E-state index is 0.0351. The van der Waals surface area contributed by atoms with Gasteiger partial charge in [0, 0.05) is 18.8 Å². The Morgan fingerprint density at radius 3 is 2.47 bits per heavy atom. The van der Waals surface area contributed by atoms with E-state index in [0.717, 1.165) is 6.42 Å². The molecule has 1 N–H and O–H groups in total. The molecule has 0 bridgehead atoms. The van der Waals surface area contributed by atoms with Gasteiger partial charge in [-0.1, -0.05) is 37.3 Å². The Hall–Kier alpha value is -1.87. The summed E-state index contributed by atoms with van der Waals surface area (Å²) in [6.07, 6.45) is 2.87. The van der Waals surface area contributed by atoms with Crippen LogP contribution in [0, 0.1) is 0 Å². The zero-order chi connectivity index (χ0) is 13.7. The molecule has 0 aliphatic heterocycles. The molecule has 1 unspecified atom stereocenters. The summed E-state index contributed by atoms with van der Waals surface area (Å²) in [4.78, 5) is 11.7. The monoisotopic (exact) mass is 256 g/mol. The normalized spacial score (nSPS) is 12.3. The minimum absolute atomic E-state index is 0.0351.